The molecular formula is C36H37F3N8O5. The number of aromatic nitrogens is 5. The van der Waals surface area contributed by atoms with Gasteiger partial charge in [0.25, 0.3) is 0 Å². The molecule has 0 spiro atoms. The molecule has 0 radical (unpaired) electrons. The first-order valence-electron chi connectivity index (χ1n) is 17.1. The van der Waals surface area contributed by atoms with Crippen LogP contribution in [0, 0.1) is 19.3 Å². The van der Waals surface area contributed by atoms with E-state index in [1.807, 2.05) is 0 Å². The Morgan fingerprint density at radius 2 is 1.81 bits per heavy atom. The number of benzene rings is 1. The number of amides is 3. The van der Waals surface area contributed by atoms with Crippen LogP contribution in [0.5, 0.6) is 0 Å². The first-order chi connectivity index (χ1) is 24.7. The predicted octanol–water partition coefficient (Wildman–Crippen LogP) is 5.25. The summed E-state index contributed by atoms with van der Waals surface area (Å²) in [5.74, 6) is -1.46. The number of aryl methyl sites for hydroxylation is 2. The molecule has 7 rings (SSSR count). The van der Waals surface area contributed by atoms with Gasteiger partial charge in [-0.05, 0) is 68.9 Å². The molecule has 4 aromatic rings. The number of ketones is 1. The molecule has 3 aromatic heterocycles. The Balaban J connectivity index is 1.28. The van der Waals surface area contributed by atoms with Crippen molar-refractivity contribution >= 4 is 45.9 Å². The lowest BCUT2D eigenvalue weighted by Gasteiger charge is -2.27. The van der Waals surface area contributed by atoms with Crippen LogP contribution < -0.4 is 10.6 Å². The summed E-state index contributed by atoms with van der Waals surface area (Å²) in [5, 5.41) is 10.5. The summed E-state index contributed by atoms with van der Waals surface area (Å²) in [7, 11) is 0. The summed E-state index contributed by atoms with van der Waals surface area (Å²) in [6, 6.07) is 4.15. The Morgan fingerprint density at radius 1 is 1.04 bits per heavy atom. The van der Waals surface area contributed by atoms with E-state index in [1.54, 1.807) is 31.5 Å². The van der Waals surface area contributed by atoms with E-state index in [4.69, 9.17) is 4.74 Å². The van der Waals surface area contributed by atoms with E-state index in [9.17, 15) is 32.3 Å². The number of rotatable bonds is 4. The number of ether oxygens (including phenoxy) is 1. The third kappa shape index (κ3) is 6.74. The minimum absolute atomic E-state index is 0.0820. The van der Waals surface area contributed by atoms with Crippen molar-refractivity contribution in [2.75, 3.05) is 23.8 Å². The highest BCUT2D eigenvalue weighted by Gasteiger charge is 2.67. The smallest absolute Gasteiger partial charge is 0.381 e. The lowest BCUT2D eigenvalue weighted by molar-refractivity contribution is -0.141. The minimum Gasteiger partial charge on any atom is -0.381 e. The number of nitrogens with one attached hydrogen (secondary N) is 2. The van der Waals surface area contributed by atoms with E-state index >= 15 is 0 Å². The molecule has 1 saturated heterocycles. The molecule has 1 aliphatic carbocycles. The fourth-order valence-electron chi connectivity index (χ4n) is 7.29. The van der Waals surface area contributed by atoms with Gasteiger partial charge in [-0.3, -0.25) is 23.9 Å². The molecule has 52 heavy (non-hydrogen) atoms. The molecule has 16 heteroatoms. The number of halogens is 3. The lowest BCUT2D eigenvalue weighted by Crippen LogP contribution is -2.47. The van der Waals surface area contributed by atoms with Gasteiger partial charge in [0.1, 0.15) is 35.6 Å². The second kappa shape index (κ2) is 13.4. The molecule has 5 heterocycles. The highest BCUT2D eigenvalue weighted by atomic mass is 19.4. The van der Waals surface area contributed by atoms with Crippen molar-refractivity contribution in [1.29, 1.82) is 0 Å². The Morgan fingerprint density at radius 3 is 2.54 bits per heavy atom. The van der Waals surface area contributed by atoms with Crippen molar-refractivity contribution in [2.45, 2.75) is 84.1 Å². The van der Waals surface area contributed by atoms with Crippen molar-refractivity contribution in [3.05, 3.63) is 59.4 Å². The fourth-order valence-corrected chi connectivity index (χ4v) is 7.29. The number of piperidine rings is 1. The standard InChI is InChI=1S/C36H37F3N8O5/c1-19-8-9-27(36(37,38)39)43-33(19)44-34(51)26-13-35-14-28(35)47(26)30(50)17-46-32-24(31(45-46)20(2)48)11-22(23-15-40-21(3)41-16-23)12-25(32)42-29(49)7-5-4-6-10-52-18-35/h8-9,11-12,15-16,26,28H,4-7,10,13-14,17-18H2,1-3H3,(H,42,49)(H,43,44,51)/t26-,28+,35-/m0/s1. The zero-order chi connectivity index (χ0) is 36.9. The molecule has 3 atom stereocenters. The molecule has 1 saturated carbocycles. The topological polar surface area (TPSA) is 161 Å². The maximum absolute atomic E-state index is 14.4. The quantitative estimate of drug-likeness (QED) is 0.269. The van der Waals surface area contributed by atoms with E-state index in [0.29, 0.717) is 71.6 Å². The summed E-state index contributed by atoms with van der Waals surface area (Å²) in [5.41, 5.74) is 0.695. The van der Waals surface area contributed by atoms with Crippen LogP contribution in [0.1, 0.15) is 73.0 Å². The molecule has 2 aliphatic heterocycles. The maximum Gasteiger partial charge on any atom is 0.433 e. The minimum atomic E-state index is -4.72. The van der Waals surface area contributed by atoms with Crippen LogP contribution in [-0.2, 0) is 31.8 Å². The van der Waals surface area contributed by atoms with Crippen LogP contribution in [0.15, 0.2) is 36.7 Å². The average Bonchev–Trinajstić information content (AvgIpc) is 3.49. The molecule has 272 valence electrons. The van der Waals surface area contributed by atoms with Gasteiger partial charge in [-0.1, -0.05) is 12.5 Å². The number of alkyl halides is 3. The SMILES string of the molecule is CC(=O)c1nn2c3c(cc(-c4cnc(C)nc4)cc13)NC(=O)CCCCCOC[C@@]13C[C@@H](C(=O)Nc4nc(C(F)(F)F)ccc4C)N(C(=O)C2)[C@@H]1C3. The second-order valence-electron chi connectivity index (χ2n) is 13.9. The number of carbonyl (C=O) groups excluding carboxylic acids is 4. The van der Waals surface area contributed by atoms with Crippen LogP contribution in [0.3, 0.4) is 0 Å². The summed E-state index contributed by atoms with van der Waals surface area (Å²) >= 11 is 0. The van der Waals surface area contributed by atoms with Crippen LogP contribution in [-0.4, -0.2) is 78.4 Å². The number of hydrogen-bond acceptors (Lipinski definition) is 9. The second-order valence-corrected chi connectivity index (χ2v) is 13.9. The van der Waals surface area contributed by atoms with Crippen molar-refractivity contribution < 1.29 is 37.1 Å². The fraction of sp³-hybridized carbons (Fsp3) is 0.444. The monoisotopic (exact) mass is 718 g/mol. The van der Waals surface area contributed by atoms with Gasteiger partial charge in [-0.25, -0.2) is 15.0 Å². The average molecular weight is 719 g/mol. The molecule has 2 bridgehead atoms. The Hall–Kier alpha value is -5.25. The molecule has 3 aliphatic rings. The van der Waals surface area contributed by atoms with Gasteiger partial charge in [-0.15, -0.1) is 0 Å². The van der Waals surface area contributed by atoms with Gasteiger partial charge in [-0.2, -0.15) is 18.3 Å². The van der Waals surface area contributed by atoms with Gasteiger partial charge in [0.05, 0.1) is 17.8 Å². The number of carbonyl (C=O) groups is 4. The van der Waals surface area contributed by atoms with Crippen LogP contribution >= 0.6 is 0 Å². The van der Waals surface area contributed by atoms with E-state index in [0.717, 1.165) is 12.5 Å². The largest absolute Gasteiger partial charge is 0.433 e. The zero-order valence-corrected chi connectivity index (χ0v) is 28.8. The Labute approximate surface area is 296 Å². The molecule has 2 N–H and O–H groups in total. The summed E-state index contributed by atoms with van der Waals surface area (Å²) in [4.78, 5) is 68.2. The predicted molar refractivity (Wildman–Crippen MR) is 182 cm³/mol. The van der Waals surface area contributed by atoms with E-state index in [1.165, 1.54) is 29.5 Å². The van der Waals surface area contributed by atoms with Gasteiger partial charge in [0.2, 0.25) is 17.7 Å². The van der Waals surface area contributed by atoms with Crippen molar-refractivity contribution in [3.8, 4) is 11.1 Å². The third-order valence-corrected chi connectivity index (χ3v) is 10.1. The molecule has 13 nitrogen and oxygen atoms in total. The van der Waals surface area contributed by atoms with E-state index < -0.39 is 41.7 Å². The number of anilines is 2. The Kier molecular flexibility index (Phi) is 9.05. The van der Waals surface area contributed by atoms with E-state index in [2.05, 4.69) is 30.7 Å². The number of hydrogen-bond donors (Lipinski definition) is 2. The van der Waals surface area contributed by atoms with Crippen LogP contribution in [0.25, 0.3) is 22.0 Å². The highest BCUT2D eigenvalue weighted by molar-refractivity contribution is 6.11. The van der Waals surface area contributed by atoms with E-state index in [-0.39, 0.29) is 42.1 Å². The molecule has 2 fully saturated rings. The van der Waals surface area contributed by atoms with Crippen molar-refractivity contribution in [3.63, 3.8) is 0 Å². The molecule has 3 amide bonds. The zero-order valence-electron chi connectivity index (χ0n) is 28.8. The normalized spacial score (nSPS) is 22.5. The Bertz CT molecular complexity index is 2100. The first-order valence-corrected chi connectivity index (χ1v) is 17.1. The van der Waals surface area contributed by atoms with Gasteiger partial charge in [0, 0.05) is 54.8 Å². The van der Waals surface area contributed by atoms with Crippen molar-refractivity contribution in [1.82, 2.24) is 29.6 Å². The first kappa shape index (κ1) is 35.2. The van der Waals surface area contributed by atoms with Crippen molar-refractivity contribution in [2.24, 2.45) is 5.41 Å². The molecule has 1 aromatic carbocycles. The summed E-state index contributed by atoms with van der Waals surface area (Å²) in [6.07, 6.45) is 1.66. The number of Topliss-reactive ketones (excluding diaryl/α,β-unsaturated/α-hetero) is 1. The third-order valence-electron chi connectivity index (χ3n) is 10.1. The molecule has 0 unspecified atom stereocenters. The highest BCUT2D eigenvalue weighted by Crippen LogP contribution is 2.60. The van der Waals surface area contributed by atoms with Gasteiger partial charge < -0.3 is 20.3 Å². The summed E-state index contributed by atoms with van der Waals surface area (Å²) < 4.78 is 47.8. The van der Waals surface area contributed by atoms with Gasteiger partial charge in [0.15, 0.2) is 5.78 Å². The van der Waals surface area contributed by atoms with Crippen LogP contribution in [0.4, 0.5) is 24.7 Å². The molecular weight excluding hydrogens is 681 g/mol. The lowest BCUT2D eigenvalue weighted by atomic mass is 10.00. The maximum atomic E-state index is 14.4. The number of pyridine rings is 1. The van der Waals surface area contributed by atoms with Gasteiger partial charge >= 0.3 is 6.18 Å². The van der Waals surface area contributed by atoms with Crippen LogP contribution in [0.2, 0.25) is 0 Å². The summed E-state index contributed by atoms with van der Waals surface area (Å²) in [6.45, 7) is 4.97. The number of nitrogens with zero attached hydrogens (tertiary/aromatic N) is 6.